The van der Waals surface area contributed by atoms with E-state index in [0.29, 0.717) is 13.0 Å². The van der Waals surface area contributed by atoms with E-state index in [9.17, 15) is 13.2 Å². The number of piperidine rings is 1. The Balaban J connectivity index is 2.30. The molecule has 2 unspecified atom stereocenters. The minimum Gasteiger partial charge on any atom is -0.383 e. The second-order valence-corrected chi connectivity index (χ2v) is 3.38. The molecule has 2 nitrogen and oxygen atoms in total. The average molecular weight is 197 g/mol. The van der Waals surface area contributed by atoms with E-state index >= 15 is 0 Å². The molecule has 0 bridgehead atoms. The number of hydrogen-bond acceptors (Lipinski definition) is 2. The van der Waals surface area contributed by atoms with Crippen molar-refractivity contribution >= 4 is 0 Å². The molecular weight excluding hydrogens is 183 g/mol. The van der Waals surface area contributed by atoms with Gasteiger partial charge in [-0.3, -0.25) is 0 Å². The summed E-state index contributed by atoms with van der Waals surface area (Å²) in [5.41, 5.74) is 0. The van der Waals surface area contributed by atoms with Gasteiger partial charge in [0.05, 0.1) is 12.5 Å². The highest BCUT2D eigenvalue weighted by atomic mass is 19.4. The molecule has 0 amide bonds. The van der Waals surface area contributed by atoms with Crippen molar-refractivity contribution in [1.82, 2.24) is 5.32 Å². The zero-order valence-corrected chi connectivity index (χ0v) is 7.53. The van der Waals surface area contributed by atoms with Crippen molar-refractivity contribution in [2.24, 2.45) is 5.92 Å². The van der Waals surface area contributed by atoms with E-state index in [0.717, 1.165) is 0 Å². The Kier molecular flexibility index (Phi) is 3.55. The van der Waals surface area contributed by atoms with Crippen molar-refractivity contribution in [1.29, 1.82) is 0 Å². The topological polar surface area (TPSA) is 21.3 Å². The Hall–Kier alpha value is -0.290. The maximum atomic E-state index is 12.2. The van der Waals surface area contributed by atoms with Crippen LogP contribution in [0.15, 0.2) is 0 Å². The van der Waals surface area contributed by atoms with Crippen LogP contribution in [0.2, 0.25) is 0 Å². The standard InChI is InChI=1S/C8H14F3NO/c1-13-5-7-3-2-6(4-12-7)8(9,10)11/h6-7,12H,2-5H2,1H3. The van der Waals surface area contributed by atoms with E-state index in [1.54, 1.807) is 7.11 Å². The van der Waals surface area contributed by atoms with Gasteiger partial charge in [-0.05, 0) is 12.8 Å². The van der Waals surface area contributed by atoms with E-state index in [1.807, 2.05) is 0 Å². The van der Waals surface area contributed by atoms with E-state index in [1.165, 1.54) is 0 Å². The third kappa shape index (κ3) is 3.15. The molecular formula is C8H14F3NO. The molecule has 1 N–H and O–H groups in total. The van der Waals surface area contributed by atoms with Crippen molar-refractivity contribution in [3.05, 3.63) is 0 Å². The summed E-state index contributed by atoms with van der Waals surface area (Å²) in [6.45, 7) is 0.516. The fourth-order valence-electron chi connectivity index (χ4n) is 1.54. The van der Waals surface area contributed by atoms with Crippen molar-refractivity contribution in [3.63, 3.8) is 0 Å². The van der Waals surface area contributed by atoms with Crippen molar-refractivity contribution in [2.75, 3.05) is 20.3 Å². The summed E-state index contributed by atoms with van der Waals surface area (Å²) in [6, 6.07) is 0.0867. The average Bonchev–Trinajstić information content (AvgIpc) is 2.04. The summed E-state index contributed by atoms with van der Waals surface area (Å²) in [6.07, 6.45) is -3.30. The van der Waals surface area contributed by atoms with Crippen molar-refractivity contribution < 1.29 is 17.9 Å². The molecule has 1 heterocycles. The summed E-state index contributed by atoms with van der Waals surface area (Å²) < 4.78 is 41.4. The van der Waals surface area contributed by atoms with Crippen molar-refractivity contribution in [3.8, 4) is 0 Å². The first-order valence-corrected chi connectivity index (χ1v) is 4.33. The number of ether oxygens (including phenoxy) is 1. The van der Waals surface area contributed by atoms with Gasteiger partial charge in [0.15, 0.2) is 0 Å². The van der Waals surface area contributed by atoms with Gasteiger partial charge in [0.2, 0.25) is 0 Å². The Labute approximate surface area is 75.4 Å². The van der Waals surface area contributed by atoms with Gasteiger partial charge in [-0.1, -0.05) is 0 Å². The van der Waals surface area contributed by atoms with Crippen LogP contribution in [0.25, 0.3) is 0 Å². The molecule has 78 valence electrons. The predicted molar refractivity (Wildman–Crippen MR) is 42.4 cm³/mol. The molecule has 0 spiro atoms. The highest BCUT2D eigenvalue weighted by molar-refractivity contribution is 4.81. The van der Waals surface area contributed by atoms with Crippen molar-refractivity contribution in [2.45, 2.75) is 25.1 Å². The molecule has 0 aliphatic carbocycles. The number of nitrogens with one attached hydrogen (secondary N) is 1. The number of rotatable bonds is 2. The maximum Gasteiger partial charge on any atom is 0.393 e. The third-order valence-electron chi connectivity index (χ3n) is 2.35. The largest absolute Gasteiger partial charge is 0.393 e. The van der Waals surface area contributed by atoms with Gasteiger partial charge in [-0.2, -0.15) is 13.2 Å². The Morgan fingerprint density at radius 1 is 1.38 bits per heavy atom. The first-order valence-electron chi connectivity index (χ1n) is 4.33. The summed E-state index contributed by atoms with van der Waals surface area (Å²) >= 11 is 0. The summed E-state index contributed by atoms with van der Waals surface area (Å²) in [7, 11) is 1.55. The number of alkyl halides is 3. The number of methoxy groups -OCH3 is 1. The lowest BCUT2D eigenvalue weighted by molar-refractivity contribution is -0.180. The summed E-state index contributed by atoms with van der Waals surface area (Å²) in [5.74, 6) is -1.18. The molecule has 1 aliphatic heterocycles. The fourth-order valence-corrected chi connectivity index (χ4v) is 1.54. The molecule has 0 saturated carbocycles. The van der Waals surface area contributed by atoms with Gasteiger partial charge in [0.25, 0.3) is 0 Å². The molecule has 0 aromatic heterocycles. The first-order chi connectivity index (χ1) is 6.04. The number of halogens is 3. The minimum absolute atomic E-state index is 0.0253. The smallest absolute Gasteiger partial charge is 0.383 e. The summed E-state index contributed by atoms with van der Waals surface area (Å²) in [5, 5.41) is 2.83. The van der Waals surface area contributed by atoms with Gasteiger partial charge >= 0.3 is 6.18 Å². The zero-order chi connectivity index (χ0) is 9.90. The van der Waals surface area contributed by atoms with Gasteiger partial charge in [-0.15, -0.1) is 0 Å². The zero-order valence-electron chi connectivity index (χ0n) is 7.53. The number of hydrogen-bond donors (Lipinski definition) is 1. The van der Waals surface area contributed by atoms with Crippen LogP contribution in [-0.4, -0.2) is 32.5 Å². The molecule has 0 aromatic rings. The summed E-state index contributed by atoms with van der Waals surface area (Å²) in [4.78, 5) is 0. The monoisotopic (exact) mass is 197 g/mol. The van der Waals surface area contributed by atoms with Crippen LogP contribution in [-0.2, 0) is 4.74 Å². The van der Waals surface area contributed by atoms with Crippen LogP contribution in [0.5, 0.6) is 0 Å². The highest BCUT2D eigenvalue weighted by Crippen LogP contribution is 2.31. The van der Waals surface area contributed by atoms with Crippen LogP contribution < -0.4 is 5.32 Å². The van der Waals surface area contributed by atoms with Gasteiger partial charge in [0.1, 0.15) is 0 Å². The Morgan fingerprint density at radius 2 is 2.08 bits per heavy atom. The molecule has 13 heavy (non-hydrogen) atoms. The first kappa shape index (κ1) is 10.8. The lowest BCUT2D eigenvalue weighted by Gasteiger charge is -2.30. The SMILES string of the molecule is COCC1CCC(C(F)(F)F)CN1. The molecule has 1 rings (SSSR count). The molecule has 1 saturated heterocycles. The Morgan fingerprint density at radius 3 is 2.46 bits per heavy atom. The molecule has 0 radical (unpaired) electrons. The van der Waals surface area contributed by atoms with E-state index < -0.39 is 12.1 Å². The molecule has 1 fully saturated rings. The minimum atomic E-state index is -4.05. The van der Waals surface area contributed by atoms with Crippen LogP contribution in [0, 0.1) is 5.92 Å². The van der Waals surface area contributed by atoms with Gasteiger partial charge < -0.3 is 10.1 Å². The van der Waals surface area contributed by atoms with Gasteiger partial charge in [0, 0.05) is 19.7 Å². The molecule has 5 heteroatoms. The van der Waals surface area contributed by atoms with Crippen LogP contribution in [0.1, 0.15) is 12.8 Å². The lowest BCUT2D eigenvalue weighted by Crippen LogP contribution is -2.45. The molecule has 1 aliphatic rings. The quantitative estimate of drug-likeness (QED) is 0.725. The fraction of sp³-hybridized carbons (Fsp3) is 1.00. The maximum absolute atomic E-state index is 12.2. The normalized spacial score (nSPS) is 30.5. The van der Waals surface area contributed by atoms with E-state index in [-0.39, 0.29) is 19.0 Å². The highest BCUT2D eigenvalue weighted by Gasteiger charge is 2.41. The van der Waals surface area contributed by atoms with Gasteiger partial charge in [-0.25, -0.2) is 0 Å². The van der Waals surface area contributed by atoms with Crippen LogP contribution >= 0.6 is 0 Å². The van der Waals surface area contributed by atoms with E-state index in [4.69, 9.17) is 4.74 Å². The third-order valence-corrected chi connectivity index (χ3v) is 2.35. The molecule has 2 atom stereocenters. The second-order valence-electron chi connectivity index (χ2n) is 3.38. The predicted octanol–water partition coefficient (Wildman–Crippen LogP) is 1.56. The van der Waals surface area contributed by atoms with Crippen LogP contribution in [0.3, 0.4) is 0 Å². The second kappa shape index (κ2) is 4.28. The lowest BCUT2D eigenvalue weighted by atomic mass is 9.95. The van der Waals surface area contributed by atoms with Crippen LogP contribution in [0.4, 0.5) is 13.2 Å². The Bertz CT molecular complexity index is 152. The van der Waals surface area contributed by atoms with E-state index in [2.05, 4.69) is 5.32 Å². The molecule has 0 aromatic carbocycles.